The first-order valence-corrected chi connectivity index (χ1v) is 9.29. The molecule has 0 radical (unpaired) electrons. The lowest BCUT2D eigenvalue weighted by atomic mass is 9.98. The van der Waals surface area contributed by atoms with Crippen molar-refractivity contribution < 1.29 is 29.3 Å². The third-order valence-corrected chi connectivity index (χ3v) is 5.59. The summed E-state index contributed by atoms with van der Waals surface area (Å²) < 4.78 is 10.9. The fraction of sp³-hybridized carbons (Fsp3) is 0.444. The normalized spacial score (nSPS) is 28.3. The number of ether oxygens (including phenoxy) is 1. The van der Waals surface area contributed by atoms with E-state index in [4.69, 9.17) is 9.15 Å². The van der Waals surface area contributed by atoms with Gasteiger partial charge < -0.3 is 29.8 Å². The highest BCUT2D eigenvalue weighted by molar-refractivity contribution is 7.99. The average Bonchev–Trinajstić information content (AvgIpc) is 2.60. The number of fused-ring (bicyclic) bond motifs is 1. The smallest absolute Gasteiger partial charge is 0.336 e. The number of rotatable bonds is 4. The van der Waals surface area contributed by atoms with Gasteiger partial charge in [0.25, 0.3) is 0 Å². The second-order valence-corrected chi connectivity index (χ2v) is 7.63. The lowest BCUT2D eigenvalue weighted by Crippen LogP contribution is -2.63. The van der Waals surface area contributed by atoms with Crippen molar-refractivity contribution in [2.45, 2.75) is 48.5 Å². The predicted molar refractivity (Wildman–Crippen MR) is 98.4 cm³/mol. The molecule has 0 saturated carbocycles. The van der Waals surface area contributed by atoms with E-state index in [-0.39, 0.29) is 5.91 Å². The molecule has 1 saturated heterocycles. The van der Waals surface area contributed by atoms with Crippen LogP contribution in [0.15, 0.2) is 38.4 Å². The SMILES string of the molecule is CC(=O)N[C@@H]1C(Sc2ccc3c(C)cc(=O)oc3c2)OC(CO)C(O)C1O. The van der Waals surface area contributed by atoms with Gasteiger partial charge in [0.15, 0.2) is 0 Å². The fourth-order valence-corrected chi connectivity index (χ4v) is 4.25. The van der Waals surface area contributed by atoms with Crippen LogP contribution >= 0.6 is 11.8 Å². The van der Waals surface area contributed by atoms with Gasteiger partial charge in [-0.3, -0.25) is 4.79 Å². The van der Waals surface area contributed by atoms with Crippen LogP contribution in [0.2, 0.25) is 0 Å². The molecule has 3 rings (SSSR count). The van der Waals surface area contributed by atoms with Gasteiger partial charge in [-0.2, -0.15) is 0 Å². The molecule has 4 N–H and O–H groups in total. The Morgan fingerprint density at radius 1 is 1.26 bits per heavy atom. The molecule has 4 unspecified atom stereocenters. The Hall–Kier alpha value is -1.91. The highest BCUT2D eigenvalue weighted by atomic mass is 32.2. The number of benzene rings is 1. The number of nitrogens with one attached hydrogen (secondary N) is 1. The molecule has 0 aliphatic carbocycles. The van der Waals surface area contributed by atoms with Gasteiger partial charge in [0.2, 0.25) is 5.91 Å². The van der Waals surface area contributed by atoms with Crippen molar-refractivity contribution in [3.05, 3.63) is 40.2 Å². The van der Waals surface area contributed by atoms with E-state index in [1.165, 1.54) is 24.8 Å². The number of amides is 1. The molecule has 5 atom stereocenters. The first-order chi connectivity index (χ1) is 12.8. The van der Waals surface area contributed by atoms with Crippen LogP contribution in [0.25, 0.3) is 11.0 Å². The van der Waals surface area contributed by atoms with Crippen LogP contribution in [0.4, 0.5) is 0 Å². The van der Waals surface area contributed by atoms with Crippen LogP contribution in [0.5, 0.6) is 0 Å². The minimum atomic E-state index is -1.33. The predicted octanol–water partition coefficient (Wildman–Crippen LogP) is 0.137. The second-order valence-electron chi connectivity index (χ2n) is 6.46. The Morgan fingerprint density at radius 3 is 2.67 bits per heavy atom. The zero-order valence-corrected chi connectivity index (χ0v) is 15.6. The molecule has 27 heavy (non-hydrogen) atoms. The molecule has 1 aromatic carbocycles. The van der Waals surface area contributed by atoms with E-state index in [1.54, 1.807) is 18.2 Å². The summed E-state index contributed by atoms with van der Waals surface area (Å²) in [4.78, 5) is 23.8. The van der Waals surface area contributed by atoms with Gasteiger partial charge in [-0.05, 0) is 30.7 Å². The highest BCUT2D eigenvalue weighted by Gasteiger charge is 2.45. The van der Waals surface area contributed by atoms with Gasteiger partial charge >= 0.3 is 5.63 Å². The Bertz CT molecular complexity index is 899. The number of carbonyl (C=O) groups is 1. The van der Waals surface area contributed by atoms with E-state index >= 15 is 0 Å². The van der Waals surface area contributed by atoms with E-state index in [0.29, 0.717) is 10.5 Å². The molecule has 1 aliphatic rings. The summed E-state index contributed by atoms with van der Waals surface area (Å²) in [5.41, 5.74) is -0.0117. The second kappa shape index (κ2) is 7.99. The van der Waals surface area contributed by atoms with Gasteiger partial charge in [-0.1, -0.05) is 11.8 Å². The molecule has 2 heterocycles. The average molecular weight is 395 g/mol. The van der Waals surface area contributed by atoms with Gasteiger partial charge in [-0.15, -0.1) is 0 Å². The first kappa shape index (κ1) is 19.8. The molecule has 8 nitrogen and oxygen atoms in total. The topological polar surface area (TPSA) is 129 Å². The maximum atomic E-state index is 11.6. The summed E-state index contributed by atoms with van der Waals surface area (Å²) in [6.45, 7) is 2.63. The minimum absolute atomic E-state index is 0.386. The summed E-state index contributed by atoms with van der Waals surface area (Å²) in [6.07, 6.45) is -3.62. The highest BCUT2D eigenvalue weighted by Crippen LogP contribution is 2.34. The fourth-order valence-electron chi connectivity index (χ4n) is 3.08. The molecule has 0 spiro atoms. The van der Waals surface area contributed by atoms with Crippen molar-refractivity contribution in [2.24, 2.45) is 0 Å². The molecule has 1 aliphatic heterocycles. The van der Waals surface area contributed by atoms with Crippen molar-refractivity contribution in [3.63, 3.8) is 0 Å². The number of hydrogen-bond donors (Lipinski definition) is 4. The van der Waals surface area contributed by atoms with E-state index in [9.17, 15) is 24.9 Å². The molecule has 0 bridgehead atoms. The van der Waals surface area contributed by atoms with E-state index in [2.05, 4.69) is 5.32 Å². The van der Waals surface area contributed by atoms with Crippen LogP contribution in [-0.4, -0.2) is 57.6 Å². The van der Waals surface area contributed by atoms with Crippen molar-refractivity contribution in [3.8, 4) is 0 Å². The molecular formula is C18H21NO7S. The molecule has 1 amide bonds. The third kappa shape index (κ3) is 4.17. The van der Waals surface area contributed by atoms with Crippen LogP contribution in [-0.2, 0) is 9.53 Å². The number of aliphatic hydroxyl groups is 3. The van der Waals surface area contributed by atoms with E-state index in [0.717, 1.165) is 10.9 Å². The third-order valence-electron chi connectivity index (χ3n) is 4.43. The van der Waals surface area contributed by atoms with Crippen LogP contribution in [0.3, 0.4) is 0 Å². The Balaban J connectivity index is 1.91. The quantitative estimate of drug-likeness (QED) is 0.538. The summed E-state index contributed by atoms with van der Waals surface area (Å²) in [6, 6.07) is 5.81. The molecule has 1 aromatic heterocycles. The van der Waals surface area contributed by atoms with Crippen molar-refractivity contribution >= 4 is 28.6 Å². The van der Waals surface area contributed by atoms with Crippen LogP contribution in [0, 0.1) is 6.92 Å². The Morgan fingerprint density at radius 2 is 2.00 bits per heavy atom. The number of carbonyl (C=O) groups excluding carboxylic acids is 1. The minimum Gasteiger partial charge on any atom is -0.423 e. The van der Waals surface area contributed by atoms with Crippen molar-refractivity contribution in [1.82, 2.24) is 5.32 Å². The summed E-state index contributed by atoms with van der Waals surface area (Å²) in [7, 11) is 0. The monoisotopic (exact) mass is 395 g/mol. The van der Waals surface area contributed by atoms with Gasteiger partial charge in [0.05, 0.1) is 12.6 Å². The number of thioether (sulfide) groups is 1. The molecule has 146 valence electrons. The van der Waals surface area contributed by atoms with E-state index < -0.39 is 42.0 Å². The summed E-state index contributed by atoms with van der Waals surface area (Å²) in [5, 5.41) is 33.2. The lowest BCUT2D eigenvalue weighted by Gasteiger charge is -2.42. The molecule has 2 aromatic rings. The van der Waals surface area contributed by atoms with Crippen molar-refractivity contribution in [2.75, 3.05) is 6.61 Å². The van der Waals surface area contributed by atoms with Gasteiger partial charge in [0.1, 0.15) is 29.3 Å². The number of hydrogen-bond acceptors (Lipinski definition) is 8. The zero-order valence-electron chi connectivity index (χ0n) is 14.8. The molecule has 1 fully saturated rings. The van der Waals surface area contributed by atoms with E-state index in [1.807, 2.05) is 6.92 Å². The number of aryl methyl sites for hydroxylation is 1. The van der Waals surface area contributed by atoms with Crippen molar-refractivity contribution in [1.29, 1.82) is 0 Å². The standard InChI is InChI=1S/C18H21NO7S/c1-8-5-14(22)25-12-6-10(3-4-11(8)12)27-18-15(19-9(2)21)17(24)16(23)13(7-20)26-18/h3-6,13,15-18,20,23-24H,7H2,1-2H3,(H,19,21)/t13?,15-,16?,17?,18?/m0/s1. The van der Waals surface area contributed by atoms with Gasteiger partial charge in [0, 0.05) is 23.3 Å². The zero-order chi connectivity index (χ0) is 19.7. The summed E-state index contributed by atoms with van der Waals surface area (Å²) in [5.74, 6) is -0.386. The maximum absolute atomic E-state index is 11.6. The Kier molecular flexibility index (Phi) is 5.87. The van der Waals surface area contributed by atoms with Crippen LogP contribution < -0.4 is 10.9 Å². The maximum Gasteiger partial charge on any atom is 0.336 e. The summed E-state index contributed by atoms with van der Waals surface area (Å²) >= 11 is 1.18. The van der Waals surface area contributed by atoms with Crippen LogP contribution in [0.1, 0.15) is 12.5 Å². The molecular weight excluding hydrogens is 374 g/mol. The molecule has 9 heteroatoms. The number of aliphatic hydroxyl groups excluding tert-OH is 3. The Labute approximate surface area is 159 Å². The largest absolute Gasteiger partial charge is 0.423 e. The lowest BCUT2D eigenvalue weighted by molar-refractivity contribution is -0.173. The van der Waals surface area contributed by atoms with Gasteiger partial charge in [-0.25, -0.2) is 4.79 Å². The first-order valence-electron chi connectivity index (χ1n) is 8.41.